The minimum atomic E-state index is 0.732. The Morgan fingerprint density at radius 1 is 1.57 bits per heavy atom. The van der Waals surface area contributed by atoms with Crippen LogP contribution in [0.1, 0.15) is 19.0 Å². The van der Waals surface area contributed by atoms with Crippen molar-refractivity contribution in [1.82, 2.24) is 14.7 Å². The summed E-state index contributed by atoms with van der Waals surface area (Å²) in [7, 11) is 3.89. The van der Waals surface area contributed by atoms with Crippen LogP contribution in [0, 0.1) is 11.8 Å². The van der Waals surface area contributed by atoms with Crippen molar-refractivity contribution >= 4 is 22.1 Å². The fraction of sp³-hybridized carbons (Fsp3) is 0.667. The van der Waals surface area contributed by atoms with Crippen molar-refractivity contribution in [3.05, 3.63) is 17.3 Å². The molecule has 0 saturated heterocycles. The monoisotopic (exact) mass is 308 g/mol. The number of thiazole rings is 1. The van der Waals surface area contributed by atoms with E-state index < -0.39 is 0 Å². The molecule has 2 heterocycles. The van der Waals surface area contributed by atoms with Gasteiger partial charge >= 0.3 is 0 Å². The van der Waals surface area contributed by atoms with E-state index in [-0.39, 0.29) is 0 Å². The summed E-state index contributed by atoms with van der Waals surface area (Å²) in [6.07, 6.45) is 3.46. The second-order valence-corrected chi connectivity index (χ2v) is 6.83. The molecule has 2 atom stereocenters. The van der Waals surface area contributed by atoms with Gasteiger partial charge < -0.3 is 15.0 Å². The van der Waals surface area contributed by atoms with Gasteiger partial charge in [-0.2, -0.15) is 0 Å². The molecule has 5 nitrogen and oxygen atoms in total. The molecule has 0 amide bonds. The Bertz CT molecular complexity index is 594. The van der Waals surface area contributed by atoms with E-state index in [1.54, 1.807) is 18.4 Å². The quantitative estimate of drug-likeness (QED) is 0.759. The molecule has 0 spiro atoms. The normalized spacial score (nSPS) is 21.1. The molecule has 1 saturated carbocycles. The molecule has 1 N–H and O–H groups in total. The molecule has 1 fully saturated rings. The summed E-state index contributed by atoms with van der Waals surface area (Å²) < 4.78 is 7.29. The molecule has 1 aliphatic rings. The number of hydrogen-bond acceptors (Lipinski definition) is 5. The standard InChI is InChI=1S/C15H24N4OS/c1-11-8-12(11)10-18(2)14-13(9-16-4-6-20-3)19-5-7-21-15(19)17-14/h5,7,11-12,16H,4,6,8-10H2,1-3H3. The van der Waals surface area contributed by atoms with Crippen molar-refractivity contribution in [3.8, 4) is 0 Å². The molecule has 1 aliphatic carbocycles. The van der Waals surface area contributed by atoms with Gasteiger partial charge in [-0.15, -0.1) is 11.3 Å². The first kappa shape index (κ1) is 14.8. The van der Waals surface area contributed by atoms with Crippen LogP contribution >= 0.6 is 11.3 Å². The average Bonchev–Trinajstić information content (AvgIpc) is 2.89. The van der Waals surface area contributed by atoms with Crippen molar-refractivity contribution in [2.24, 2.45) is 11.8 Å². The highest BCUT2D eigenvalue weighted by Gasteiger charge is 2.34. The second kappa shape index (κ2) is 6.34. The van der Waals surface area contributed by atoms with Gasteiger partial charge in [0.25, 0.3) is 0 Å². The molecular formula is C15H24N4OS. The summed E-state index contributed by atoms with van der Waals surface area (Å²) in [5.41, 5.74) is 1.25. The topological polar surface area (TPSA) is 41.8 Å². The summed E-state index contributed by atoms with van der Waals surface area (Å²) in [6, 6.07) is 0. The maximum absolute atomic E-state index is 5.09. The van der Waals surface area contributed by atoms with E-state index >= 15 is 0 Å². The fourth-order valence-electron chi connectivity index (χ4n) is 2.76. The summed E-state index contributed by atoms with van der Waals surface area (Å²) >= 11 is 1.69. The zero-order valence-corrected chi connectivity index (χ0v) is 13.8. The van der Waals surface area contributed by atoms with Gasteiger partial charge in [0.05, 0.1) is 12.3 Å². The predicted octanol–water partition coefficient (Wildman–Crippen LogP) is 2.22. The lowest BCUT2D eigenvalue weighted by Gasteiger charge is -2.18. The number of anilines is 1. The van der Waals surface area contributed by atoms with Gasteiger partial charge in [-0.05, 0) is 18.3 Å². The van der Waals surface area contributed by atoms with E-state index in [2.05, 4.69) is 40.2 Å². The first-order valence-electron chi connectivity index (χ1n) is 7.56. The first-order valence-corrected chi connectivity index (χ1v) is 8.44. The molecule has 21 heavy (non-hydrogen) atoms. The van der Waals surface area contributed by atoms with Crippen LogP contribution in [-0.4, -0.2) is 43.2 Å². The highest BCUT2D eigenvalue weighted by Crippen LogP contribution is 2.39. The molecule has 6 heteroatoms. The summed E-state index contributed by atoms with van der Waals surface area (Å²) in [6.45, 7) is 5.85. The Kier molecular flexibility index (Phi) is 4.47. The van der Waals surface area contributed by atoms with Crippen LogP contribution in [0.25, 0.3) is 4.96 Å². The summed E-state index contributed by atoms with van der Waals surface area (Å²) in [5.74, 6) is 2.83. The smallest absolute Gasteiger partial charge is 0.195 e. The molecule has 0 radical (unpaired) electrons. The number of rotatable bonds is 8. The Hall–Kier alpha value is -1.11. The summed E-state index contributed by atoms with van der Waals surface area (Å²) in [4.78, 5) is 8.21. The third kappa shape index (κ3) is 3.22. The highest BCUT2D eigenvalue weighted by atomic mass is 32.1. The van der Waals surface area contributed by atoms with Crippen LogP contribution in [0.2, 0.25) is 0 Å². The Labute approximate surface area is 129 Å². The highest BCUT2D eigenvalue weighted by molar-refractivity contribution is 7.15. The number of hydrogen-bond donors (Lipinski definition) is 1. The molecule has 2 aromatic rings. The van der Waals surface area contributed by atoms with Crippen LogP contribution in [0.4, 0.5) is 5.82 Å². The van der Waals surface area contributed by atoms with Crippen molar-refractivity contribution in [2.75, 3.05) is 38.8 Å². The van der Waals surface area contributed by atoms with Gasteiger partial charge in [0.2, 0.25) is 0 Å². The van der Waals surface area contributed by atoms with Crippen LogP contribution < -0.4 is 10.2 Å². The van der Waals surface area contributed by atoms with Crippen LogP contribution in [-0.2, 0) is 11.3 Å². The van der Waals surface area contributed by atoms with E-state index in [1.807, 2.05) is 0 Å². The number of ether oxygens (including phenoxy) is 1. The first-order chi connectivity index (χ1) is 10.2. The minimum Gasteiger partial charge on any atom is -0.383 e. The number of imidazole rings is 1. The minimum absolute atomic E-state index is 0.732. The number of methoxy groups -OCH3 is 1. The van der Waals surface area contributed by atoms with Crippen LogP contribution in [0.3, 0.4) is 0 Å². The molecule has 0 aromatic carbocycles. The Balaban J connectivity index is 1.74. The molecule has 0 bridgehead atoms. The lowest BCUT2D eigenvalue weighted by atomic mass is 10.3. The zero-order chi connectivity index (χ0) is 14.8. The van der Waals surface area contributed by atoms with E-state index in [9.17, 15) is 0 Å². The third-order valence-corrected chi connectivity index (χ3v) is 5.02. The van der Waals surface area contributed by atoms with Gasteiger partial charge in [-0.1, -0.05) is 6.92 Å². The van der Waals surface area contributed by atoms with Crippen molar-refractivity contribution in [3.63, 3.8) is 0 Å². The molecule has 2 aromatic heterocycles. The Morgan fingerprint density at radius 2 is 2.38 bits per heavy atom. The third-order valence-electron chi connectivity index (χ3n) is 4.26. The molecular weight excluding hydrogens is 284 g/mol. The van der Waals surface area contributed by atoms with Crippen molar-refractivity contribution in [2.45, 2.75) is 19.9 Å². The molecule has 0 aliphatic heterocycles. The zero-order valence-electron chi connectivity index (χ0n) is 13.0. The Morgan fingerprint density at radius 3 is 3.10 bits per heavy atom. The van der Waals surface area contributed by atoms with Gasteiger partial charge in [-0.3, -0.25) is 4.40 Å². The number of aromatic nitrogens is 2. The van der Waals surface area contributed by atoms with Crippen molar-refractivity contribution in [1.29, 1.82) is 0 Å². The van der Waals surface area contributed by atoms with Gasteiger partial charge in [0, 0.05) is 45.4 Å². The fourth-order valence-corrected chi connectivity index (χ4v) is 3.49. The lowest BCUT2D eigenvalue weighted by molar-refractivity contribution is 0.199. The van der Waals surface area contributed by atoms with Crippen LogP contribution in [0.15, 0.2) is 11.6 Å². The predicted molar refractivity (Wildman–Crippen MR) is 87.2 cm³/mol. The lowest BCUT2D eigenvalue weighted by Crippen LogP contribution is -2.25. The number of nitrogens with zero attached hydrogens (tertiary/aromatic N) is 3. The number of nitrogens with one attached hydrogen (secondary N) is 1. The van der Waals surface area contributed by atoms with Gasteiger partial charge in [-0.25, -0.2) is 4.98 Å². The maximum atomic E-state index is 5.09. The van der Waals surface area contributed by atoms with E-state index in [0.29, 0.717) is 0 Å². The second-order valence-electron chi connectivity index (χ2n) is 5.96. The molecule has 3 rings (SSSR count). The largest absolute Gasteiger partial charge is 0.383 e. The van der Waals surface area contributed by atoms with Crippen LogP contribution in [0.5, 0.6) is 0 Å². The van der Waals surface area contributed by atoms with Gasteiger partial charge in [0.15, 0.2) is 10.8 Å². The van der Waals surface area contributed by atoms with Crippen molar-refractivity contribution < 1.29 is 4.74 Å². The molecule has 2 unspecified atom stereocenters. The van der Waals surface area contributed by atoms with Gasteiger partial charge in [0.1, 0.15) is 0 Å². The molecule has 116 valence electrons. The maximum Gasteiger partial charge on any atom is 0.195 e. The average molecular weight is 308 g/mol. The SMILES string of the molecule is COCCNCc1c(N(C)CC2CC2C)nc2sccn12. The summed E-state index contributed by atoms with van der Waals surface area (Å²) in [5, 5.41) is 5.53. The van der Waals surface area contributed by atoms with E-state index in [4.69, 9.17) is 9.72 Å². The van der Waals surface area contributed by atoms with E-state index in [0.717, 1.165) is 48.9 Å². The number of fused-ring (bicyclic) bond motifs is 1. The van der Waals surface area contributed by atoms with E-state index in [1.165, 1.54) is 12.1 Å².